The lowest BCUT2D eigenvalue weighted by Crippen LogP contribution is -2.52. The van der Waals surface area contributed by atoms with Crippen molar-refractivity contribution in [2.24, 2.45) is 0 Å². The van der Waals surface area contributed by atoms with E-state index >= 15 is 0 Å². The number of aryl methyl sites for hydroxylation is 2. The van der Waals surface area contributed by atoms with E-state index in [0.717, 1.165) is 40.5 Å². The number of amides is 2. The summed E-state index contributed by atoms with van der Waals surface area (Å²) >= 11 is 0. The molecule has 7 rings (SSSR count). The predicted molar refractivity (Wildman–Crippen MR) is 139 cm³/mol. The number of carbonyl (C=O) groups excluding carboxylic acids is 2. The molecule has 4 heterocycles. The minimum atomic E-state index is -0.503. The van der Waals surface area contributed by atoms with Gasteiger partial charge in [-0.25, -0.2) is 4.90 Å². The molecule has 0 bridgehead atoms. The number of anilines is 1. The highest BCUT2D eigenvalue weighted by Gasteiger charge is 2.36. The molecule has 0 unspecified atom stereocenters. The number of benzene rings is 3. The molecule has 0 radical (unpaired) electrons. The minimum absolute atomic E-state index is 0.133. The summed E-state index contributed by atoms with van der Waals surface area (Å²) in [4.78, 5) is 39.4. The highest BCUT2D eigenvalue weighted by Crippen LogP contribution is 2.37. The standard InChI is InChI=1S/C30H20N4O4/c35-29-23-8-4-7-22-25(34(37)38)11-10-24(28(22)23)30(36)33(29)21-6-3-5-19(17-21)20-12-14-32-16-15-31-13-2-1-9-26(31)27(32)18-20/h1-14,17-18H,15-16H2/q+2. The number of hydrogen-bond donors (Lipinski definition) is 0. The largest absolute Gasteiger partial charge is 0.278 e. The van der Waals surface area contributed by atoms with Gasteiger partial charge in [0.25, 0.3) is 28.9 Å². The molecule has 38 heavy (non-hydrogen) atoms. The molecular formula is C30H20N4O4+2. The summed E-state index contributed by atoms with van der Waals surface area (Å²) in [5.74, 6) is -1.01. The fourth-order valence-corrected chi connectivity index (χ4v) is 5.54. The number of fused-ring (bicyclic) bond motifs is 3. The molecule has 0 atom stereocenters. The molecule has 2 aliphatic rings. The molecule has 3 aromatic carbocycles. The number of non-ortho nitro benzene ring substituents is 1. The van der Waals surface area contributed by atoms with E-state index in [1.807, 2.05) is 36.4 Å². The maximum atomic E-state index is 13.6. The van der Waals surface area contributed by atoms with Gasteiger partial charge in [-0.1, -0.05) is 18.2 Å². The summed E-state index contributed by atoms with van der Waals surface area (Å²) in [6.45, 7) is 1.77. The van der Waals surface area contributed by atoms with E-state index in [9.17, 15) is 19.7 Å². The van der Waals surface area contributed by atoms with Crippen molar-refractivity contribution in [1.29, 1.82) is 0 Å². The van der Waals surface area contributed by atoms with Crippen LogP contribution in [0.25, 0.3) is 33.3 Å². The summed E-state index contributed by atoms with van der Waals surface area (Å²) in [7, 11) is 0. The fraction of sp³-hybridized carbons (Fsp3) is 0.0667. The van der Waals surface area contributed by atoms with E-state index in [1.54, 1.807) is 24.3 Å². The van der Waals surface area contributed by atoms with Crippen molar-refractivity contribution in [3.8, 4) is 22.5 Å². The van der Waals surface area contributed by atoms with Crippen LogP contribution in [0, 0.1) is 10.1 Å². The number of aromatic nitrogens is 2. The highest BCUT2D eigenvalue weighted by molar-refractivity contribution is 6.36. The molecule has 0 saturated heterocycles. The summed E-state index contributed by atoms with van der Waals surface area (Å²) in [5.41, 5.74) is 4.89. The van der Waals surface area contributed by atoms with E-state index in [-0.39, 0.29) is 22.2 Å². The van der Waals surface area contributed by atoms with E-state index in [1.165, 1.54) is 12.1 Å². The second kappa shape index (κ2) is 8.14. The van der Waals surface area contributed by atoms with E-state index in [4.69, 9.17) is 0 Å². The van der Waals surface area contributed by atoms with Crippen LogP contribution in [0.5, 0.6) is 0 Å². The van der Waals surface area contributed by atoms with Crippen molar-refractivity contribution in [2.75, 3.05) is 4.90 Å². The quantitative estimate of drug-likeness (QED) is 0.158. The van der Waals surface area contributed by atoms with Gasteiger partial charge >= 0.3 is 0 Å². The molecule has 0 saturated carbocycles. The van der Waals surface area contributed by atoms with Crippen LogP contribution in [-0.4, -0.2) is 16.7 Å². The van der Waals surface area contributed by atoms with Crippen LogP contribution in [-0.2, 0) is 13.1 Å². The SMILES string of the molecule is O=C1c2cccc3c([N+](=O)[O-])ccc(c23)C(=O)N1c1cccc(-c2cc[n+]3c(c2)-c2cccc[n+]2CC3)c1. The number of imide groups is 1. The van der Waals surface area contributed by atoms with Crippen LogP contribution in [0.2, 0.25) is 0 Å². The fourth-order valence-electron chi connectivity index (χ4n) is 5.54. The van der Waals surface area contributed by atoms with Crippen molar-refractivity contribution >= 4 is 34.0 Å². The third-order valence-corrected chi connectivity index (χ3v) is 7.34. The third-order valence-electron chi connectivity index (χ3n) is 7.34. The first kappa shape index (κ1) is 22.0. The number of pyridine rings is 2. The molecular weight excluding hydrogens is 480 g/mol. The van der Waals surface area contributed by atoms with Gasteiger partial charge in [0.15, 0.2) is 12.4 Å². The zero-order valence-electron chi connectivity index (χ0n) is 20.1. The Hall–Kier alpha value is -5.24. The molecule has 8 heteroatoms. The van der Waals surface area contributed by atoms with Gasteiger partial charge in [-0.3, -0.25) is 19.7 Å². The molecule has 8 nitrogen and oxygen atoms in total. The summed E-state index contributed by atoms with van der Waals surface area (Å²) in [5, 5.41) is 12.2. The molecule has 2 aromatic heterocycles. The summed E-state index contributed by atoms with van der Waals surface area (Å²) in [6, 6.07) is 25.2. The third kappa shape index (κ3) is 3.17. The lowest BCUT2D eigenvalue weighted by molar-refractivity contribution is -0.794. The van der Waals surface area contributed by atoms with E-state index < -0.39 is 16.7 Å². The first-order chi connectivity index (χ1) is 18.5. The second-order valence-corrected chi connectivity index (χ2v) is 9.39. The zero-order chi connectivity index (χ0) is 26.0. The monoisotopic (exact) mass is 500 g/mol. The average molecular weight is 501 g/mol. The second-order valence-electron chi connectivity index (χ2n) is 9.39. The van der Waals surface area contributed by atoms with Gasteiger partial charge in [-0.15, -0.1) is 0 Å². The number of carbonyl (C=O) groups is 2. The van der Waals surface area contributed by atoms with Gasteiger partial charge in [0.1, 0.15) is 0 Å². The average Bonchev–Trinajstić information content (AvgIpc) is 2.95. The number of rotatable bonds is 3. The van der Waals surface area contributed by atoms with Gasteiger partial charge in [-0.2, -0.15) is 9.13 Å². The molecule has 0 spiro atoms. The Morgan fingerprint density at radius 3 is 2.26 bits per heavy atom. The number of nitro benzene ring substituents is 1. The molecule has 5 aromatic rings. The molecule has 182 valence electrons. The van der Waals surface area contributed by atoms with Crippen molar-refractivity contribution in [3.63, 3.8) is 0 Å². The highest BCUT2D eigenvalue weighted by atomic mass is 16.6. The topological polar surface area (TPSA) is 88.3 Å². The van der Waals surface area contributed by atoms with Crippen LogP contribution in [0.4, 0.5) is 11.4 Å². The number of hydrogen-bond acceptors (Lipinski definition) is 4. The maximum Gasteiger partial charge on any atom is 0.278 e. The Bertz CT molecular complexity index is 1840. The van der Waals surface area contributed by atoms with Gasteiger partial charge in [-0.05, 0) is 47.5 Å². The van der Waals surface area contributed by atoms with Crippen molar-refractivity contribution < 1.29 is 23.6 Å². The van der Waals surface area contributed by atoms with Crippen LogP contribution in [0.1, 0.15) is 20.7 Å². The number of nitrogens with zero attached hydrogens (tertiary/aromatic N) is 4. The van der Waals surface area contributed by atoms with Gasteiger partial charge in [0.05, 0.1) is 16.0 Å². The Morgan fingerprint density at radius 2 is 1.45 bits per heavy atom. The van der Waals surface area contributed by atoms with Crippen LogP contribution >= 0.6 is 0 Å². The van der Waals surface area contributed by atoms with Gasteiger partial charge in [0, 0.05) is 46.8 Å². The zero-order valence-corrected chi connectivity index (χ0v) is 20.1. The Labute approximate surface area is 216 Å². The van der Waals surface area contributed by atoms with Crippen LogP contribution < -0.4 is 14.0 Å². The molecule has 2 aliphatic heterocycles. The lowest BCUT2D eigenvalue weighted by atomic mass is 9.92. The first-order valence-electron chi connectivity index (χ1n) is 12.2. The van der Waals surface area contributed by atoms with Crippen molar-refractivity contribution in [1.82, 2.24) is 0 Å². The van der Waals surface area contributed by atoms with Crippen LogP contribution in [0.15, 0.2) is 97.3 Å². The summed E-state index contributed by atoms with van der Waals surface area (Å²) in [6.07, 6.45) is 4.14. The van der Waals surface area contributed by atoms with Crippen molar-refractivity contribution in [3.05, 3.63) is 119 Å². The predicted octanol–water partition coefficient (Wildman–Crippen LogP) is 4.47. The Morgan fingerprint density at radius 1 is 0.711 bits per heavy atom. The smallest absolute Gasteiger partial charge is 0.268 e. The molecule has 0 fully saturated rings. The van der Waals surface area contributed by atoms with Crippen molar-refractivity contribution in [2.45, 2.75) is 13.1 Å². The van der Waals surface area contributed by atoms with Gasteiger partial charge < -0.3 is 0 Å². The Balaban J connectivity index is 1.32. The lowest BCUT2D eigenvalue weighted by Gasteiger charge is -2.27. The molecule has 2 amide bonds. The Kier molecular flexibility index (Phi) is 4.71. The normalized spacial score (nSPS) is 13.8. The van der Waals surface area contributed by atoms with E-state index in [2.05, 4.69) is 33.7 Å². The molecule has 0 N–H and O–H groups in total. The number of nitro groups is 1. The van der Waals surface area contributed by atoms with Gasteiger partial charge in [0.2, 0.25) is 13.1 Å². The van der Waals surface area contributed by atoms with E-state index in [0.29, 0.717) is 11.1 Å². The minimum Gasteiger partial charge on any atom is -0.268 e. The maximum absolute atomic E-state index is 13.6. The molecule has 0 aliphatic carbocycles. The first-order valence-corrected chi connectivity index (χ1v) is 12.2. The summed E-state index contributed by atoms with van der Waals surface area (Å²) < 4.78 is 4.44. The van der Waals surface area contributed by atoms with Crippen LogP contribution in [0.3, 0.4) is 0 Å².